The van der Waals surface area contributed by atoms with E-state index < -0.39 is 18.0 Å². The lowest BCUT2D eigenvalue weighted by molar-refractivity contribution is -0.161. The number of hydrogen-bond donors (Lipinski definition) is 3. The van der Waals surface area contributed by atoms with Gasteiger partial charge in [0.15, 0.2) is 0 Å². The Kier molecular flexibility index (Phi) is 3.73. The number of carbonyl (C=O) groups excluding carboxylic acids is 2. The first kappa shape index (κ1) is 15.7. The Balaban J connectivity index is 2.06. The summed E-state index contributed by atoms with van der Waals surface area (Å²) in [6.07, 6.45) is -0.511. The highest BCUT2D eigenvalue weighted by Crippen LogP contribution is 2.47. The van der Waals surface area contributed by atoms with Crippen LogP contribution < -0.4 is 5.32 Å². The van der Waals surface area contributed by atoms with E-state index in [1.54, 1.807) is 10.8 Å². The smallest absolute Gasteiger partial charge is 0.352 e. The Hall–Kier alpha value is -2.19. The summed E-state index contributed by atoms with van der Waals surface area (Å²) in [7, 11) is 1.51. The second kappa shape index (κ2) is 5.47. The van der Waals surface area contributed by atoms with Gasteiger partial charge in [0.1, 0.15) is 5.70 Å². The van der Waals surface area contributed by atoms with Gasteiger partial charge < -0.3 is 20.4 Å². The predicted molar refractivity (Wildman–Crippen MR) is 82.7 cm³/mol. The number of carboxylic acids is 1. The topological polar surface area (TPSA) is 107 Å². The second-order valence-electron chi connectivity index (χ2n) is 5.66. The Labute approximate surface area is 136 Å². The molecule has 122 valence electrons. The highest BCUT2D eigenvalue weighted by atomic mass is 32.1. The van der Waals surface area contributed by atoms with Crippen molar-refractivity contribution in [2.24, 2.45) is 5.92 Å². The van der Waals surface area contributed by atoms with Crippen molar-refractivity contribution in [3.05, 3.63) is 27.6 Å². The third-order valence-electron chi connectivity index (χ3n) is 4.39. The fourth-order valence-electron chi connectivity index (χ4n) is 3.35. The lowest BCUT2D eigenvalue weighted by Crippen LogP contribution is -2.61. The van der Waals surface area contributed by atoms with E-state index >= 15 is 0 Å². The molecule has 3 rings (SSSR count). The van der Waals surface area contributed by atoms with Crippen molar-refractivity contribution in [3.63, 3.8) is 0 Å². The zero-order valence-corrected chi connectivity index (χ0v) is 13.4. The molecule has 2 amide bonds. The largest absolute Gasteiger partial charge is 0.477 e. The van der Waals surface area contributed by atoms with E-state index in [1.165, 1.54) is 30.2 Å². The monoisotopic (exact) mass is 336 g/mol. The number of carbonyl (C=O) groups is 3. The van der Waals surface area contributed by atoms with Crippen molar-refractivity contribution < 1.29 is 24.6 Å². The zero-order valence-electron chi connectivity index (χ0n) is 12.6. The number of thiophene rings is 1. The molecule has 1 aromatic heterocycles. The maximum Gasteiger partial charge on any atom is 0.352 e. The first-order valence-electron chi connectivity index (χ1n) is 7.14. The van der Waals surface area contributed by atoms with Crippen LogP contribution in [0.15, 0.2) is 16.5 Å². The third kappa shape index (κ3) is 2.17. The molecule has 0 radical (unpaired) electrons. The van der Waals surface area contributed by atoms with Gasteiger partial charge in [-0.05, 0) is 24.3 Å². The van der Waals surface area contributed by atoms with Crippen LogP contribution in [-0.4, -0.2) is 52.1 Å². The molecule has 8 heteroatoms. The first-order valence-corrected chi connectivity index (χ1v) is 8.09. The van der Waals surface area contributed by atoms with Crippen LogP contribution in [0, 0.1) is 5.92 Å². The van der Waals surface area contributed by atoms with E-state index in [4.69, 9.17) is 0 Å². The van der Waals surface area contributed by atoms with Crippen LogP contribution in [0.4, 0.5) is 0 Å². The minimum atomic E-state index is -1.20. The number of nitrogens with zero attached hydrogens (tertiary/aromatic N) is 1. The first-order chi connectivity index (χ1) is 10.9. The Morgan fingerprint density at radius 1 is 1.43 bits per heavy atom. The van der Waals surface area contributed by atoms with Gasteiger partial charge in [0.05, 0.1) is 23.6 Å². The van der Waals surface area contributed by atoms with Gasteiger partial charge >= 0.3 is 5.97 Å². The minimum absolute atomic E-state index is 0.0829. The molecule has 23 heavy (non-hydrogen) atoms. The minimum Gasteiger partial charge on any atom is -0.477 e. The SMILES string of the molecule is CNC(=O)c1cscc1C1=C(C(=O)O)N2C(=O)C(C(C)O)C2C1. The van der Waals surface area contributed by atoms with Crippen LogP contribution in [0.3, 0.4) is 0 Å². The Morgan fingerprint density at radius 3 is 2.70 bits per heavy atom. The molecule has 3 atom stereocenters. The van der Waals surface area contributed by atoms with Gasteiger partial charge in [-0.2, -0.15) is 11.3 Å². The van der Waals surface area contributed by atoms with Crippen LogP contribution in [-0.2, 0) is 9.59 Å². The summed E-state index contributed by atoms with van der Waals surface area (Å²) in [4.78, 5) is 37.0. The summed E-state index contributed by atoms with van der Waals surface area (Å²) in [5, 5.41) is 25.2. The van der Waals surface area contributed by atoms with Gasteiger partial charge in [-0.25, -0.2) is 4.79 Å². The number of aliphatic carboxylic acids is 1. The van der Waals surface area contributed by atoms with Gasteiger partial charge in [-0.1, -0.05) is 0 Å². The quantitative estimate of drug-likeness (QED) is 0.695. The van der Waals surface area contributed by atoms with Crippen LogP contribution in [0.5, 0.6) is 0 Å². The van der Waals surface area contributed by atoms with E-state index in [2.05, 4.69) is 5.32 Å². The Bertz CT molecular complexity index is 736. The van der Waals surface area contributed by atoms with E-state index in [-0.39, 0.29) is 23.6 Å². The molecule has 3 N–H and O–H groups in total. The molecule has 0 bridgehead atoms. The third-order valence-corrected chi connectivity index (χ3v) is 5.13. The molecule has 2 aliphatic heterocycles. The van der Waals surface area contributed by atoms with Gasteiger partial charge in [-0.3, -0.25) is 9.59 Å². The van der Waals surface area contributed by atoms with Crippen molar-refractivity contribution in [2.75, 3.05) is 7.05 Å². The zero-order chi connectivity index (χ0) is 16.9. The summed E-state index contributed by atoms with van der Waals surface area (Å²) in [6, 6.07) is -0.360. The molecular weight excluding hydrogens is 320 g/mol. The second-order valence-corrected chi connectivity index (χ2v) is 6.40. The molecule has 0 aliphatic carbocycles. The van der Waals surface area contributed by atoms with Gasteiger partial charge in [0.2, 0.25) is 5.91 Å². The van der Waals surface area contributed by atoms with Gasteiger partial charge in [-0.15, -0.1) is 0 Å². The Morgan fingerprint density at radius 2 is 2.13 bits per heavy atom. The number of aliphatic hydroxyl groups is 1. The molecule has 3 unspecified atom stereocenters. The maximum absolute atomic E-state index is 12.2. The normalized spacial score (nSPS) is 24.3. The molecule has 1 saturated heterocycles. The van der Waals surface area contributed by atoms with Crippen molar-refractivity contribution >= 4 is 34.7 Å². The molecule has 3 heterocycles. The highest BCUT2D eigenvalue weighted by Gasteiger charge is 2.57. The summed E-state index contributed by atoms with van der Waals surface area (Å²) < 4.78 is 0. The predicted octanol–water partition coefficient (Wildman–Crippen LogP) is 0.515. The lowest BCUT2D eigenvalue weighted by Gasteiger charge is -2.44. The number of nitrogens with one attached hydrogen (secondary N) is 1. The fourth-order valence-corrected chi connectivity index (χ4v) is 4.19. The van der Waals surface area contributed by atoms with Crippen molar-refractivity contribution in [1.29, 1.82) is 0 Å². The van der Waals surface area contributed by atoms with Crippen molar-refractivity contribution in [2.45, 2.75) is 25.5 Å². The standard InChI is InChI=1S/C15H16N2O5S/c1-6(18)11-10-3-7(12(15(21)22)17(10)14(11)20)8-4-23-5-9(8)13(19)16-2/h4-6,10-11,18H,3H2,1-2H3,(H,16,19)(H,21,22). The average Bonchev–Trinajstić information content (AvgIpc) is 3.07. The average molecular weight is 336 g/mol. The van der Waals surface area contributed by atoms with Crippen LogP contribution >= 0.6 is 11.3 Å². The van der Waals surface area contributed by atoms with E-state index in [0.29, 0.717) is 23.1 Å². The molecule has 1 fully saturated rings. The van der Waals surface area contributed by atoms with Gasteiger partial charge in [0, 0.05) is 18.0 Å². The molecule has 7 nitrogen and oxygen atoms in total. The van der Waals surface area contributed by atoms with E-state index in [0.717, 1.165) is 0 Å². The molecule has 0 spiro atoms. The molecule has 0 aromatic carbocycles. The maximum atomic E-state index is 12.2. The number of rotatable bonds is 4. The van der Waals surface area contributed by atoms with Crippen LogP contribution in [0.1, 0.15) is 29.3 Å². The highest BCUT2D eigenvalue weighted by molar-refractivity contribution is 7.08. The number of hydrogen-bond acceptors (Lipinski definition) is 5. The summed E-state index contributed by atoms with van der Waals surface area (Å²) in [5.74, 6) is -2.47. The van der Waals surface area contributed by atoms with Crippen LogP contribution in [0.25, 0.3) is 5.57 Å². The summed E-state index contributed by atoms with van der Waals surface area (Å²) >= 11 is 1.30. The molecule has 2 aliphatic rings. The lowest BCUT2D eigenvalue weighted by atomic mass is 9.82. The van der Waals surface area contributed by atoms with E-state index in [1.807, 2.05) is 0 Å². The number of aliphatic hydroxyl groups excluding tert-OH is 1. The number of carboxylic acid groups (broad SMARTS) is 1. The summed E-state index contributed by atoms with van der Waals surface area (Å²) in [5.41, 5.74) is 1.33. The van der Waals surface area contributed by atoms with Crippen LogP contribution in [0.2, 0.25) is 0 Å². The van der Waals surface area contributed by atoms with Crippen molar-refractivity contribution in [3.8, 4) is 0 Å². The van der Waals surface area contributed by atoms with E-state index in [9.17, 15) is 24.6 Å². The number of fused-ring (bicyclic) bond motifs is 1. The molecular formula is C15H16N2O5S. The fraction of sp³-hybridized carbons (Fsp3) is 0.400. The molecule has 0 saturated carbocycles. The summed E-state index contributed by atoms with van der Waals surface area (Å²) in [6.45, 7) is 1.53. The van der Waals surface area contributed by atoms with Gasteiger partial charge in [0.25, 0.3) is 5.91 Å². The number of β-lactam (4-membered cyclic amide) rings is 1. The number of amides is 2. The van der Waals surface area contributed by atoms with Crippen molar-refractivity contribution in [1.82, 2.24) is 10.2 Å². The molecule has 1 aromatic rings.